The lowest BCUT2D eigenvalue weighted by Gasteiger charge is -2.19. The molecule has 0 N–H and O–H groups in total. The van der Waals surface area contributed by atoms with Crippen LogP contribution in [0.1, 0.15) is 25.7 Å². The molecule has 14 heavy (non-hydrogen) atoms. The lowest BCUT2D eigenvalue weighted by atomic mass is 10.2. The lowest BCUT2D eigenvalue weighted by molar-refractivity contribution is -0.131. The zero-order chi connectivity index (χ0) is 10.4. The summed E-state index contributed by atoms with van der Waals surface area (Å²) < 4.78 is 4.87. The molecule has 4 heteroatoms. The number of carbonyl (C=O) groups excluding carboxylic acids is 1. The van der Waals surface area contributed by atoms with E-state index in [0.717, 1.165) is 25.8 Å². The molecule has 4 nitrogen and oxygen atoms in total. The number of nitriles is 1. The lowest BCUT2D eigenvalue weighted by Crippen LogP contribution is -2.34. The molecule has 1 fully saturated rings. The normalized spacial score (nSPS) is 20.9. The molecule has 1 saturated heterocycles. The van der Waals surface area contributed by atoms with Gasteiger partial charge in [0, 0.05) is 26.7 Å². The summed E-state index contributed by atoms with van der Waals surface area (Å²) in [5, 5.41) is 8.79. The number of hydrogen-bond acceptors (Lipinski definition) is 3. The Morgan fingerprint density at radius 3 is 3.14 bits per heavy atom. The van der Waals surface area contributed by atoms with Crippen LogP contribution < -0.4 is 0 Å². The van der Waals surface area contributed by atoms with Crippen molar-refractivity contribution in [1.82, 2.24) is 4.90 Å². The quantitative estimate of drug-likeness (QED) is 0.628. The second-order valence-electron chi connectivity index (χ2n) is 3.47. The van der Waals surface area contributed by atoms with E-state index >= 15 is 0 Å². The summed E-state index contributed by atoms with van der Waals surface area (Å²) >= 11 is 0. The average Bonchev–Trinajstić information content (AvgIpc) is 2.65. The molecule has 1 aliphatic rings. The monoisotopic (exact) mass is 196 g/mol. The molecule has 1 aliphatic heterocycles. The van der Waals surface area contributed by atoms with E-state index in [1.54, 1.807) is 12.0 Å². The third kappa shape index (κ3) is 2.71. The zero-order valence-electron chi connectivity index (χ0n) is 8.53. The predicted octanol–water partition coefficient (Wildman–Crippen LogP) is 0.928. The summed E-state index contributed by atoms with van der Waals surface area (Å²) in [5.41, 5.74) is 0. The molecule has 1 heterocycles. The van der Waals surface area contributed by atoms with Gasteiger partial charge in [0.1, 0.15) is 6.04 Å². The van der Waals surface area contributed by atoms with Crippen LogP contribution >= 0.6 is 0 Å². The van der Waals surface area contributed by atoms with Crippen LogP contribution in [0.15, 0.2) is 0 Å². The molecular weight excluding hydrogens is 180 g/mol. The van der Waals surface area contributed by atoms with Gasteiger partial charge >= 0.3 is 0 Å². The molecule has 1 amide bonds. The van der Waals surface area contributed by atoms with Gasteiger partial charge in [0.05, 0.1) is 6.07 Å². The van der Waals surface area contributed by atoms with Crippen molar-refractivity contribution in [2.45, 2.75) is 31.7 Å². The molecule has 0 spiro atoms. The van der Waals surface area contributed by atoms with Gasteiger partial charge in [0.15, 0.2) is 0 Å². The van der Waals surface area contributed by atoms with Crippen LogP contribution in [-0.4, -0.2) is 37.1 Å². The van der Waals surface area contributed by atoms with Crippen LogP contribution in [0.5, 0.6) is 0 Å². The minimum Gasteiger partial charge on any atom is -0.385 e. The van der Waals surface area contributed by atoms with Crippen LogP contribution in [-0.2, 0) is 9.53 Å². The van der Waals surface area contributed by atoms with Crippen molar-refractivity contribution in [1.29, 1.82) is 5.26 Å². The Hall–Kier alpha value is -1.08. The minimum absolute atomic E-state index is 0.0890. The first-order valence-corrected chi connectivity index (χ1v) is 4.97. The SMILES string of the molecule is COCCCC(=O)N1CCCC1C#N. The maximum atomic E-state index is 11.6. The molecule has 1 rings (SSSR count). The summed E-state index contributed by atoms with van der Waals surface area (Å²) in [4.78, 5) is 13.3. The van der Waals surface area contributed by atoms with Gasteiger partial charge < -0.3 is 9.64 Å². The first-order chi connectivity index (χ1) is 6.79. The van der Waals surface area contributed by atoms with Crippen molar-refractivity contribution in [3.8, 4) is 6.07 Å². The number of nitrogens with zero attached hydrogens (tertiary/aromatic N) is 2. The number of ether oxygens (including phenoxy) is 1. The smallest absolute Gasteiger partial charge is 0.223 e. The van der Waals surface area contributed by atoms with Crippen LogP contribution in [0.3, 0.4) is 0 Å². The van der Waals surface area contributed by atoms with Gasteiger partial charge in [-0.15, -0.1) is 0 Å². The molecule has 0 aromatic heterocycles. The van der Waals surface area contributed by atoms with Crippen molar-refractivity contribution in [3.63, 3.8) is 0 Å². The summed E-state index contributed by atoms with van der Waals surface area (Å²) in [6, 6.07) is 1.97. The fourth-order valence-electron chi connectivity index (χ4n) is 1.71. The molecule has 0 bridgehead atoms. The fourth-order valence-corrected chi connectivity index (χ4v) is 1.71. The Balaban J connectivity index is 2.33. The average molecular weight is 196 g/mol. The standard InChI is InChI=1S/C10H16N2O2/c1-14-7-3-5-10(13)12-6-2-4-9(12)8-11/h9H,2-7H2,1H3. The second kappa shape index (κ2) is 5.61. The Morgan fingerprint density at radius 1 is 1.71 bits per heavy atom. The van der Waals surface area contributed by atoms with Crippen molar-refractivity contribution in [2.75, 3.05) is 20.3 Å². The van der Waals surface area contributed by atoms with Crippen molar-refractivity contribution < 1.29 is 9.53 Å². The van der Waals surface area contributed by atoms with Crippen LogP contribution in [0, 0.1) is 11.3 Å². The first kappa shape index (κ1) is 11.0. The number of amides is 1. The van der Waals surface area contributed by atoms with Gasteiger partial charge in [-0.3, -0.25) is 4.79 Å². The van der Waals surface area contributed by atoms with Gasteiger partial charge in [0.25, 0.3) is 0 Å². The van der Waals surface area contributed by atoms with Gasteiger partial charge in [-0.2, -0.15) is 5.26 Å². The summed E-state index contributed by atoms with van der Waals surface area (Å²) in [6.45, 7) is 1.35. The Bertz CT molecular complexity index is 235. The number of likely N-dealkylation sites (tertiary alicyclic amines) is 1. The van der Waals surface area contributed by atoms with Crippen LogP contribution in [0.25, 0.3) is 0 Å². The first-order valence-electron chi connectivity index (χ1n) is 4.97. The molecule has 0 aliphatic carbocycles. The highest BCUT2D eigenvalue weighted by atomic mass is 16.5. The van der Waals surface area contributed by atoms with Crippen molar-refractivity contribution in [3.05, 3.63) is 0 Å². The maximum absolute atomic E-state index is 11.6. The second-order valence-corrected chi connectivity index (χ2v) is 3.47. The molecule has 0 aromatic carbocycles. The number of hydrogen-bond donors (Lipinski definition) is 0. The van der Waals surface area contributed by atoms with Gasteiger partial charge in [-0.05, 0) is 19.3 Å². The van der Waals surface area contributed by atoms with E-state index in [9.17, 15) is 4.79 Å². The molecule has 78 valence electrons. The Morgan fingerprint density at radius 2 is 2.50 bits per heavy atom. The number of carbonyl (C=O) groups is 1. The van der Waals surface area contributed by atoms with Crippen LogP contribution in [0.4, 0.5) is 0 Å². The molecule has 0 aromatic rings. The Labute approximate surface area is 84.4 Å². The third-order valence-corrected chi connectivity index (χ3v) is 2.46. The third-order valence-electron chi connectivity index (χ3n) is 2.46. The largest absolute Gasteiger partial charge is 0.385 e. The zero-order valence-corrected chi connectivity index (χ0v) is 8.53. The topological polar surface area (TPSA) is 53.3 Å². The predicted molar refractivity (Wildman–Crippen MR) is 51.5 cm³/mol. The molecule has 1 atom stereocenters. The fraction of sp³-hybridized carbons (Fsp3) is 0.800. The highest BCUT2D eigenvalue weighted by Gasteiger charge is 2.27. The van der Waals surface area contributed by atoms with E-state index in [-0.39, 0.29) is 11.9 Å². The van der Waals surface area contributed by atoms with E-state index in [1.807, 2.05) is 0 Å². The number of rotatable bonds is 4. The number of methoxy groups -OCH3 is 1. The summed E-state index contributed by atoms with van der Waals surface area (Å²) in [5.74, 6) is 0.0890. The van der Waals surface area contributed by atoms with E-state index in [2.05, 4.69) is 6.07 Å². The molecule has 1 unspecified atom stereocenters. The highest BCUT2D eigenvalue weighted by molar-refractivity contribution is 5.77. The van der Waals surface area contributed by atoms with Gasteiger partial charge in [-0.25, -0.2) is 0 Å². The van der Waals surface area contributed by atoms with E-state index in [0.29, 0.717) is 13.0 Å². The van der Waals surface area contributed by atoms with E-state index < -0.39 is 0 Å². The summed E-state index contributed by atoms with van der Waals surface area (Å²) in [7, 11) is 1.62. The van der Waals surface area contributed by atoms with Crippen molar-refractivity contribution in [2.24, 2.45) is 0 Å². The van der Waals surface area contributed by atoms with E-state index in [4.69, 9.17) is 10.00 Å². The highest BCUT2D eigenvalue weighted by Crippen LogP contribution is 2.17. The van der Waals surface area contributed by atoms with Crippen LogP contribution in [0.2, 0.25) is 0 Å². The Kier molecular flexibility index (Phi) is 4.41. The molecule has 0 saturated carbocycles. The summed E-state index contributed by atoms with van der Waals surface area (Å²) in [6.07, 6.45) is 3.01. The minimum atomic E-state index is -0.190. The molecule has 0 radical (unpaired) electrons. The maximum Gasteiger partial charge on any atom is 0.223 e. The van der Waals surface area contributed by atoms with Crippen molar-refractivity contribution >= 4 is 5.91 Å². The molecular formula is C10H16N2O2. The van der Waals surface area contributed by atoms with Gasteiger partial charge in [0.2, 0.25) is 5.91 Å². The van der Waals surface area contributed by atoms with Gasteiger partial charge in [-0.1, -0.05) is 0 Å². The van der Waals surface area contributed by atoms with E-state index in [1.165, 1.54) is 0 Å².